The van der Waals surface area contributed by atoms with Gasteiger partial charge in [0.15, 0.2) is 0 Å². The SMILES string of the molecule is O=C(Cc1cccc(OCCCO)c1)N[C@@H](Cc1coc2ccccc12)B(O)O. The molecule has 0 aliphatic heterocycles. The predicted molar refractivity (Wildman–Crippen MR) is 109 cm³/mol. The minimum absolute atomic E-state index is 0.0545. The number of aliphatic hydroxyl groups is 1. The van der Waals surface area contributed by atoms with Crippen LogP contribution in [0.5, 0.6) is 5.75 Å². The molecule has 0 saturated carbocycles. The molecule has 3 aromatic rings. The van der Waals surface area contributed by atoms with E-state index in [0.29, 0.717) is 24.4 Å². The van der Waals surface area contributed by atoms with Gasteiger partial charge in [-0.3, -0.25) is 4.79 Å². The van der Waals surface area contributed by atoms with E-state index in [0.717, 1.165) is 16.5 Å². The Morgan fingerprint density at radius 1 is 1.17 bits per heavy atom. The van der Waals surface area contributed by atoms with Crippen LogP contribution in [0, 0.1) is 0 Å². The Morgan fingerprint density at radius 3 is 2.79 bits per heavy atom. The predicted octanol–water partition coefficient (Wildman–Crippen LogP) is 1.48. The number of hydrogen-bond donors (Lipinski definition) is 4. The first kappa shape index (κ1) is 20.9. The van der Waals surface area contributed by atoms with Crippen molar-refractivity contribution in [2.24, 2.45) is 0 Å². The molecule has 0 radical (unpaired) electrons. The number of ether oxygens (including phenoxy) is 1. The van der Waals surface area contributed by atoms with E-state index in [1.54, 1.807) is 30.5 Å². The molecule has 0 bridgehead atoms. The maximum atomic E-state index is 12.5. The van der Waals surface area contributed by atoms with Crippen molar-refractivity contribution in [1.29, 1.82) is 0 Å². The molecule has 0 saturated heterocycles. The van der Waals surface area contributed by atoms with Crippen LogP contribution in [0.4, 0.5) is 0 Å². The highest BCUT2D eigenvalue weighted by atomic mass is 16.5. The van der Waals surface area contributed by atoms with Crippen molar-refractivity contribution < 1.29 is 29.1 Å². The number of aliphatic hydroxyl groups excluding tert-OH is 1. The lowest BCUT2D eigenvalue weighted by molar-refractivity contribution is -0.120. The Hall–Kier alpha value is -2.81. The van der Waals surface area contributed by atoms with Gasteiger partial charge in [-0.05, 0) is 35.7 Å². The zero-order valence-electron chi connectivity index (χ0n) is 16.0. The summed E-state index contributed by atoms with van der Waals surface area (Å²) in [5.74, 6) is -0.580. The molecule has 7 nitrogen and oxygen atoms in total. The normalized spacial score (nSPS) is 12.0. The number of nitrogens with one attached hydrogen (secondary N) is 1. The van der Waals surface area contributed by atoms with Crippen LogP contribution >= 0.6 is 0 Å². The summed E-state index contributed by atoms with van der Waals surface area (Å²) in [4.78, 5) is 12.5. The summed E-state index contributed by atoms with van der Waals surface area (Å²) in [6.45, 7) is 0.447. The van der Waals surface area contributed by atoms with Crippen LogP contribution in [0.3, 0.4) is 0 Å². The average Bonchev–Trinajstić information content (AvgIpc) is 3.11. The van der Waals surface area contributed by atoms with E-state index in [2.05, 4.69) is 5.32 Å². The molecule has 1 aromatic heterocycles. The van der Waals surface area contributed by atoms with E-state index >= 15 is 0 Å². The highest BCUT2D eigenvalue weighted by Crippen LogP contribution is 2.22. The number of fused-ring (bicyclic) bond motifs is 1. The van der Waals surface area contributed by atoms with Gasteiger partial charge >= 0.3 is 7.12 Å². The smallest absolute Gasteiger partial charge is 0.475 e. The van der Waals surface area contributed by atoms with Crippen LogP contribution in [0.2, 0.25) is 0 Å². The summed E-state index contributed by atoms with van der Waals surface area (Å²) in [6.07, 6.45) is 2.40. The van der Waals surface area contributed by atoms with Gasteiger partial charge in [0.25, 0.3) is 0 Å². The number of rotatable bonds is 10. The molecule has 0 aliphatic carbocycles. The van der Waals surface area contributed by atoms with Gasteiger partial charge < -0.3 is 29.6 Å². The minimum Gasteiger partial charge on any atom is -0.493 e. The lowest BCUT2D eigenvalue weighted by Crippen LogP contribution is -2.48. The first-order chi connectivity index (χ1) is 14.1. The molecule has 2 aromatic carbocycles. The molecule has 29 heavy (non-hydrogen) atoms. The van der Waals surface area contributed by atoms with Crippen LogP contribution in [0.15, 0.2) is 59.2 Å². The van der Waals surface area contributed by atoms with Gasteiger partial charge in [0.1, 0.15) is 11.3 Å². The summed E-state index contributed by atoms with van der Waals surface area (Å²) >= 11 is 0. The molecule has 4 N–H and O–H groups in total. The maximum absolute atomic E-state index is 12.5. The van der Waals surface area contributed by atoms with Crippen LogP contribution in [-0.2, 0) is 17.6 Å². The van der Waals surface area contributed by atoms with Gasteiger partial charge in [-0.1, -0.05) is 30.3 Å². The van der Waals surface area contributed by atoms with Crippen LogP contribution in [0.1, 0.15) is 17.5 Å². The van der Waals surface area contributed by atoms with Gasteiger partial charge in [-0.25, -0.2) is 0 Å². The first-order valence-corrected chi connectivity index (χ1v) is 9.50. The standard InChI is InChI=1S/C21H24BNO6/c24-9-4-10-28-17-6-3-5-15(11-17)12-21(25)23-20(22(26)27)13-16-14-29-19-8-2-1-7-18(16)19/h1-3,5-8,11,14,20,24,26-27H,4,9-10,12-13H2,(H,23,25)/t20-/m0/s1. The van der Waals surface area contributed by atoms with Crippen molar-refractivity contribution in [3.05, 3.63) is 65.9 Å². The van der Waals surface area contributed by atoms with Gasteiger partial charge in [0.2, 0.25) is 5.91 Å². The Morgan fingerprint density at radius 2 is 2.00 bits per heavy atom. The third-order valence-corrected chi connectivity index (χ3v) is 4.54. The van der Waals surface area contributed by atoms with Crippen LogP contribution in [0.25, 0.3) is 11.0 Å². The topological polar surface area (TPSA) is 112 Å². The van der Waals surface area contributed by atoms with E-state index in [4.69, 9.17) is 14.3 Å². The summed E-state index contributed by atoms with van der Waals surface area (Å²) in [6, 6.07) is 14.6. The number of amides is 1. The quantitative estimate of drug-likeness (QED) is 0.305. The summed E-state index contributed by atoms with van der Waals surface area (Å²) in [5.41, 5.74) is 2.24. The number of hydrogen-bond acceptors (Lipinski definition) is 6. The van der Waals surface area contributed by atoms with E-state index < -0.39 is 13.1 Å². The molecule has 0 unspecified atom stereocenters. The first-order valence-electron chi connectivity index (χ1n) is 9.50. The average molecular weight is 397 g/mol. The Bertz CT molecular complexity index is 942. The molecule has 0 spiro atoms. The fourth-order valence-corrected chi connectivity index (χ4v) is 3.10. The number of carbonyl (C=O) groups is 1. The van der Waals surface area contributed by atoms with Gasteiger partial charge in [0, 0.05) is 18.4 Å². The fourth-order valence-electron chi connectivity index (χ4n) is 3.10. The highest BCUT2D eigenvalue weighted by molar-refractivity contribution is 6.43. The third kappa shape index (κ3) is 5.84. The molecule has 1 atom stereocenters. The zero-order valence-corrected chi connectivity index (χ0v) is 16.0. The van der Waals surface area contributed by atoms with Crippen molar-refractivity contribution in [3.63, 3.8) is 0 Å². The zero-order chi connectivity index (χ0) is 20.6. The molecule has 0 fully saturated rings. The number of benzene rings is 2. The lowest BCUT2D eigenvalue weighted by Gasteiger charge is -2.17. The molecule has 3 rings (SSSR count). The van der Waals surface area contributed by atoms with Crippen molar-refractivity contribution in [1.82, 2.24) is 5.32 Å². The second-order valence-corrected chi connectivity index (χ2v) is 6.80. The molecule has 8 heteroatoms. The fraction of sp³-hybridized carbons (Fsp3) is 0.286. The molecular weight excluding hydrogens is 373 g/mol. The second kappa shape index (κ2) is 10.1. The van der Waals surface area contributed by atoms with Gasteiger partial charge in [-0.2, -0.15) is 0 Å². The third-order valence-electron chi connectivity index (χ3n) is 4.54. The van der Waals surface area contributed by atoms with Crippen molar-refractivity contribution in [2.75, 3.05) is 13.2 Å². The van der Waals surface area contributed by atoms with Gasteiger partial charge in [0.05, 0.1) is 25.2 Å². The van der Waals surface area contributed by atoms with Crippen molar-refractivity contribution in [3.8, 4) is 5.75 Å². The Balaban J connectivity index is 1.62. The van der Waals surface area contributed by atoms with Crippen LogP contribution in [-0.4, -0.2) is 47.3 Å². The van der Waals surface area contributed by atoms with Crippen molar-refractivity contribution >= 4 is 24.0 Å². The highest BCUT2D eigenvalue weighted by Gasteiger charge is 2.27. The Kier molecular flexibility index (Phi) is 7.29. The second-order valence-electron chi connectivity index (χ2n) is 6.80. The summed E-state index contributed by atoms with van der Waals surface area (Å²) in [5, 5.41) is 31.8. The maximum Gasteiger partial charge on any atom is 0.475 e. The van der Waals surface area contributed by atoms with E-state index in [9.17, 15) is 14.8 Å². The van der Waals surface area contributed by atoms with Crippen LogP contribution < -0.4 is 10.1 Å². The number of furan rings is 1. The Labute approximate surface area is 169 Å². The molecule has 1 heterocycles. The van der Waals surface area contributed by atoms with E-state index in [1.165, 1.54) is 0 Å². The largest absolute Gasteiger partial charge is 0.493 e. The minimum atomic E-state index is -1.71. The molecule has 152 valence electrons. The number of para-hydroxylation sites is 1. The monoisotopic (exact) mass is 397 g/mol. The summed E-state index contributed by atoms with van der Waals surface area (Å²) < 4.78 is 11.0. The number of carbonyl (C=O) groups excluding carboxylic acids is 1. The van der Waals surface area contributed by atoms with Gasteiger partial charge in [-0.15, -0.1) is 0 Å². The molecule has 1 amide bonds. The van der Waals surface area contributed by atoms with E-state index in [-0.39, 0.29) is 25.4 Å². The molecule has 0 aliphatic rings. The lowest BCUT2D eigenvalue weighted by atomic mass is 9.75. The summed E-state index contributed by atoms with van der Waals surface area (Å²) in [7, 11) is -1.71. The van der Waals surface area contributed by atoms with E-state index in [1.807, 2.05) is 24.3 Å². The van der Waals surface area contributed by atoms with Crippen molar-refractivity contribution in [2.45, 2.75) is 25.2 Å². The molecular formula is C21H24BNO6.